The highest BCUT2D eigenvalue weighted by atomic mass is 16.5. The summed E-state index contributed by atoms with van der Waals surface area (Å²) in [6.45, 7) is 13.8. The molecule has 1 saturated carbocycles. The fraction of sp³-hybridized carbons (Fsp3) is 0.667. The van der Waals surface area contributed by atoms with Gasteiger partial charge in [-0.1, -0.05) is 64.8 Å². The van der Waals surface area contributed by atoms with Crippen LogP contribution in [0.2, 0.25) is 0 Å². The molecule has 8 heteroatoms. The van der Waals surface area contributed by atoms with Crippen LogP contribution in [0, 0.1) is 30.6 Å². The second-order valence-electron chi connectivity index (χ2n) is 12.8. The molecule has 0 aromatic heterocycles. The van der Waals surface area contributed by atoms with Gasteiger partial charge in [0.25, 0.3) is 0 Å². The molecule has 1 spiro atoms. The Labute approximate surface area is 245 Å². The highest BCUT2D eigenvalue weighted by Gasteiger charge is 2.72. The highest BCUT2D eigenvalue weighted by molar-refractivity contribution is 6.02. The van der Waals surface area contributed by atoms with Crippen molar-refractivity contribution in [2.24, 2.45) is 23.7 Å². The Morgan fingerprint density at radius 2 is 1.85 bits per heavy atom. The van der Waals surface area contributed by atoms with Crippen LogP contribution in [0.4, 0.5) is 5.69 Å². The number of nitrogens with one attached hydrogen (secondary N) is 2. The molecule has 8 nitrogen and oxygen atoms in total. The van der Waals surface area contributed by atoms with E-state index in [2.05, 4.69) is 43.2 Å². The van der Waals surface area contributed by atoms with Crippen molar-refractivity contribution in [1.82, 2.24) is 15.1 Å². The van der Waals surface area contributed by atoms with Crippen molar-refractivity contribution in [1.29, 1.82) is 0 Å². The van der Waals surface area contributed by atoms with E-state index < -0.39 is 29.6 Å². The zero-order valence-corrected chi connectivity index (χ0v) is 25.4. The van der Waals surface area contributed by atoms with Crippen LogP contribution < -0.4 is 10.6 Å². The minimum Gasteiger partial charge on any atom is -0.359 e. The van der Waals surface area contributed by atoms with Gasteiger partial charge in [-0.05, 0) is 68.8 Å². The van der Waals surface area contributed by atoms with Crippen LogP contribution in [0.25, 0.3) is 0 Å². The minimum absolute atomic E-state index is 0.0679. The number of likely N-dealkylation sites (tertiary alicyclic amines) is 1. The van der Waals surface area contributed by atoms with Crippen molar-refractivity contribution in [3.8, 4) is 0 Å². The SMILES string of the molecule is CCCN(CCC)CCN1C(=O)[C@@H]2C(C(=O)Nc3cccc(C)c3)[C@@H]3C=CC2(O3)C1C(=O)NC1CCCC(C)C1C. The molecular weight excluding hydrogens is 516 g/mol. The lowest BCUT2D eigenvalue weighted by atomic mass is 9.73. The van der Waals surface area contributed by atoms with Crippen molar-refractivity contribution in [2.75, 3.05) is 31.5 Å². The maximum Gasteiger partial charge on any atom is 0.246 e. The van der Waals surface area contributed by atoms with E-state index in [1.165, 1.54) is 6.42 Å². The lowest BCUT2D eigenvalue weighted by Gasteiger charge is -2.38. The van der Waals surface area contributed by atoms with Crippen LogP contribution in [0.3, 0.4) is 0 Å². The number of carbonyl (C=O) groups is 3. The molecule has 3 aliphatic heterocycles. The molecule has 6 unspecified atom stereocenters. The molecule has 8 atom stereocenters. The van der Waals surface area contributed by atoms with E-state index in [9.17, 15) is 14.4 Å². The molecule has 224 valence electrons. The van der Waals surface area contributed by atoms with Crippen molar-refractivity contribution < 1.29 is 19.1 Å². The number of carbonyl (C=O) groups excluding carboxylic acids is 3. The molecule has 1 aromatic carbocycles. The van der Waals surface area contributed by atoms with Gasteiger partial charge in [0.05, 0.1) is 17.9 Å². The third kappa shape index (κ3) is 5.57. The largest absolute Gasteiger partial charge is 0.359 e. The number of rotatable bonds is 11. The van der Waals surface area contributed by atoms with E-state index in [0.29, 0.717) is 30.6 Å². The quantitative estimate of drug-likeness (QED) is 0.394. The van der Waals surface area contributed by atoms with E-state index in [1.807, 2.05) is 43.3 Å². The van der Waals surface area contributed by atoms with Crippen molar-refractivity contribution in [3.05, 3.63) is 42.0 Å². The molecule has 4 aliphatic rings. The van der Waals surface area contributed by atoms with Crippen LogP contribution in [0.15, 0.2) is 36.4 Å². The van der Waals surface area contributed by atoms with E-state index >= 15 is 0 Å². The van der Waals surface area contributed by atoms with Crippen LogP contribution in [-0.2, 0) is 19.1 Å². The van der Waals surface area contributed by atoms with E-state index in [1.54, 1.807) is 4.90 Å². The molecule has 1 aromatic rings. The third-order valence-electron chi connectivity index (χ3n) is 9.98. The summed E-state index contributed by atoms with van der Waals surface area (Å²) in [5.74, 6) is -1.07. The fourth-order valence-electron chi connectivity index (χ4n) is 7.72. The van der Waals surface area contributed by atoms with Gasteiger partial charge in [-0.2, -0.15) is 0 Å². The predicted octanol–water partition coefficient (Wildman–Crippen LogP) is 4.15. The summed E-state index contributed by atoms with van der Waals surface area (Å²) in [5, 5.41) is 6.37. The monoisotopic (exact) mass is 564 g/mol. The van der Waals surface area contributed by atoms with Gasteiger partial charge in [-0.25, -0.2) is 0 Å². The zero-order valence-electron chi connectivity index (χ0n) is 25.4. The number of aryl methyl sites for hydroxylation is 1. The van der Waals surface area contributed by atoms with Gasteiger partial charge in [0.1, 0.15) is 11.6 Å². The van der Waals surface area contributed by atoms with E-state index in [0.717, 1.165) is 44.3 Å². The van der Waals surface area contributed by atoms with Gasteiger partial charge in [0.15, 0.2) is 0 Å². The van der Waals surface area contributed by atoms with Gasteiger partial charge >= 0.3 is 0 Å². The summed E-state index contributed by atoms with van der Waals surface area (Å²) < 4.78 is 6.54. The maximum atomic E-state index is 14.3. The number of hydrogen-bond donors (Lipinski definition) is 2. The number of nitrogens with zero attached hydrogens (tertiary/aromatic N) is 2. The summed E-state index contributed by atoms with van der Waals surface area (Å²) in [5.41, 5.74) is 0.602. The fourth-order valence-corrected chi connectivity index (χ4v) is 7.72. The molecule has 2 N–H and O–H groups in total. The van der Waals surface area contributed by atoms with Gasteiger partial charge in [-0.3, -0.25) is 14.4 Å². The first-order valence-electron chi connectivity index (χ1n) is 15.8. The molecule has 2 saturated heterocycles. The third-order valence-corrected chi connectivity index (χ3v) is 9.98. The molecule has 3 fully saturated rings. The number of anilines is 1. The van der Waals surface area contributed by atoms with Gasteiger partial charge < -0.3 is 25.2 Å². The first-order chi connectivity index (χ1) is 19.7. The Bertz CT molecular complexity index is 1160. The second-order valence-corrected chi connectivity index (χ2v) is 12.8. The summed E-state index contributed by atoms with van der Waals surface area (Å²) >= 11 is 0. The van der Waals surface area contributed by atoms with E-state index in [4.69, 9.17) is 4.74 Å². The number of ether oxygens (including phenoxy) is 1. The van der Waals surface area contributed by atoms with Crippen LogP contribution in [0.1, 0.15) is 65.4 Å². The normalized spacial score (nSPS) is 33.9. The zero-order chi connectivity index (χ0) is 29.3. The number of hydrogen-bond acceptors (Lipinski definition) is 5. The van der Waals surface area contributed by atoms with Crippen LogP contribution >= 0.6 is 0 Å². The smallest absolute Gasteiger partial charge is 0.246 e. The van der Waals surface area contributed by atoms with Gasteiger partial charge in [0.2, 0.25) is 17.7 Å². The maximum absolute atomic E-state index is 14.3. The Hall–Kier alpha value is -2.71. The van der Waals surface area contributed by atoms with E-state index in [-0.39, 0.29) is 23.8 Å². The summed E-state index contributed by atoms with van der Waals surface area (Å²) in [4.78, 5) is 46.3. The highest BCUT2D eigenvalue weighted by Crippen LogP contribution is 2.55. The molecule has 5 rings (SSSR count). The Kier molecular flexibility index (Phi) is 8.90. The molecule has 3 heterocycles. The minimum atomic E-state index is -1.13. The Morgan fingerprint density at radius 1 is 1.10 bits per heavy atom. The average molecular weight is 565 g/mol. The number of amides is 3. The van der Waals surface area contributed by atoms with Gasteiger partial charge in [0, 0.05) is 24.8 Å². The molecule has 1 aliphatic carbocycles. The summed E-state index contributed by atoms with van der Waals surface area (Å²) in [6.07, 6.45) is 8.51. The second kappa shape index (κ2) is 12.3. The van der Waals surface area contributed by atoms with Crippen LogP contribution in [-0.4, -0.2) is 77.5 Å². The summed E-state index contributed by atoms with van der Waals surface area (Å²) in [7, 11) is 0. The number of fused-ring (bicyclic) bond motifs is 1. The van der Waals surface area contributed by atoms with Crippen molar-refractivity contribution in [2.45, 2.75) is 90.5 Å². The Morgan fingerprint density at radius 3 is 2.56 bits per heavy atom. The van der Waals surface area contributed by atoms with Crippen molar-refractivity contribution >= 4 is 23.4 Å². The Balaban J connectivity index is 1.43. The molecule has 2 bridgehead atoms. The van der Waals surface area contributed by atoms with Crippen LogP contribution in [0.5, 0.6) is 0 Å². The topological polar surface area (TPSA) is 91.0 Å². The molecular formula is C33H48N4O4. The molecule has 41 heavy (non-hydrogen) atoms. The first-order valence-corrected chi connectivity index (χ1v) is 15.8. The first kappa shape index (κ1) is 29.8. The van der Waals surface area contributed by atoms with Gasteiger partial charge in [-0.15, -0.1) is 0 Å². The summed E-state index contributed by atoms with van der Waals surface area (Å²) in [6, 6.07) is 6.91. The number of benzene rings is 1. The molecule has 0 radical (unpaired) electrons. The predicted molar refractivity (Wildman–Crippen MR) is 160 cm³/mol. The lowest BCUT2D eigenvalue weighted by molar-refractivity contribution is -0.141. The standard InChI is InChI=1S/C33H48N4O4/c1-6-16-36(17-7-2)18-19-37-29(31(39)35-25-13-9-11-22(4)23(25)5)33-15-14-26(41-33)27(28(33)32(37)40)30(38)34-24-12-8-10-21(3)20-24/h8,10,12,14-15,20,22-23,25-29H,6-7,9,11,13,16-19H2,1-5H3,(H,34,38)(H,35,39)/t22?,23?,25?,26-,27?,28-,29?,33?/m0/s1. The lowest BCUT2D eigenvalue weighted by Crippen LogP contribution is -2.58. The molecule has 3 amide bonds. The van der Waals surface area contributed by atoms with Crippen molar-refractivity contribution in [3.63, 3.8) is 0 Å². The average Bonchev–Trinajstić information content (AvgIpc) is 3.57.